The number of nitrogens with zero attached hydrogens (tertiary/aromatic N) is 2. The van der Waals surface area contributed by atoms with Crippen molar-refractivity contribution in [2.75, 3.05) is 17.4 Å². The summed E-state index contributed by atoms with van der Waals surface area (Å²) in [5.74, 6) is -2.57. The number of amides is 2. The summed E-state index contributed by atoms with van der Waals surface area (Å²) < 4.78 is 56.6. The lowest BCUT2D eigenvalue weighted by molar-refractivity contribution is -0.139. The molecule has 3 rings (SSSR count). The van der Waals surface area contributed by atoms with Gasteiger partial charge < -0.3 is 10.2 Å². The number of carbonyl (C=O) groups excluding carboxylic acids is 2. The topological polar surface area (TPSA) is 86.8 Å². The Hall–Kier alpha value is -3.50. The summed E-state index contributed by atoms with van der Waals surface area (Å²) >= 11 is 5.94. The number of halogens is 3. The Kier molecular flexibility index (Phi) is 10.4. The van der Waals surface area contributed by atoms with E-state index >= 15 is 0 Å². The SMILES string of the molecule is CCCCNC(=O)[C@H](C)N(Cc1ccccc1F)C(=O)CN(c1ccc(F)c(Cl)c1)S(=O)(=O)c1ccccc1. The number of sulfonamides is 1. The second kappa shape index (κ2) is 13.5. The van der Waals surface area contributed by atoms with Crippen molar-refractivity contribution in [2.24, 2.45) is 0 Å². The standard InChI is InChI=1S/C28H30ClF2N3O4S/c1-3-4-16-32-28(36)20(2)33(18-21-10-8-9-13-25(21)30)27(35)19-34(22-14-15-26(31)24(29)17-22)39(37,38)23-11-6-5-7-12-23/h5-15,17,20H,3-4,16,18-19H2,1-2H3,(H,32,36)/t20-/m0/s1. The van der Waals surface area contributed by atoms with Gasteiger partial charge in [-0.25, -0.2) is 17.2 Å². The molecule has 0 spiro atoms. The number of carbonyl (C=O) groups is 2. The van der Waals surface area contributed by atoms with E-state index in [2.05, 4.69) is 5.32 Å². The molecular weight excluding hydrogens is 548 g/mol. The monoisotopic (exact) mass is 577 g/mol. The van der Waals surface area contributed by atoms with Crippen molar-refractivity contribution in [3.8, 4) is 0 Å². The van der Waals surface area contributed by atoms with Crippen LogP contribution in [0.3, 0.4) is 0 Å². The van der Waals surface area contributed by atoms with E-state index in [9.17, 15) is 26.8 Å². The summed E-state index contributed by atoms with van der Waals surface area (Å²) in [4.78, 5) is 27.7. The molecule has 0 aliphatic carbocycles. The maximum Gasteiger partial charge on any atom is 0.264 e. The summed E-state index contributed by atoms with van der Waals surface area (Å²) in [6.45, 7) is 2.82. The maximum absolute atomic E-state index is 14.6. The van der Waals surface area contributed by atoms with Crippen molar-refractivity contribution in [2.45, 2.75) is 44.2 Å². The molecule has 3 aromatic rings. The molecular formula is C28H30ClF2N3O4S. The fourth-order valence-electron chi connectivity index (χ4n) is 3.82. The van der Waals surface area contributed by atoms with Gasteiger partial charge >= 0.3 is 0 Å². The van der Waals surface area contributed by atoms with E-state index < -0.39 is 46.1 Å². The van der Waals surface area contributed by atoms with E-state index in [1.54, 1.807) is 12.1 Å². The normalized spacial score (nSPS) is 12.0. The van der Waals surface area contributed by atoms with Crippen LogP contribution in [0.2, 0.25) is 5.02 Å². The van der Waals surface area contributed by atoms with Crippen LogP contribution in [0.15, 0.2) is 77.7 Å². The molecule has 1 atom stereocenters. The van der Waals surface area contributed by atoms with Gasteiger partial charge in [-0.3, -0.25) is 13.9 Å². The van der Waals surface area contributed by atoms with Crippen LogP contribution in [-0.2, 0) is 26.2 Å². The second-order valence-electron chi connectivity index (χ2n) is 8.86. The number of nitrogens with one attached hydrogen (secondary N) is 1. The Morgan fingerprint density at radius 3 is 2.28 bits per heavy atom. The Bertz CT molecular complexity index is 1410. The van der Waals surface area contributed by atoms with Gasteiger partial charge in [-0.1, -0.05) is 61.3 Å². The van der Waals surface area contributed by atoms with Crippen LogP contribution in [0, 0.1) is 11.6 Å². The van der Waals surface area contributed by atoms with Crippen LogP contribution in [0.1, 0.15) is 32.3 Å². The highest BCUT2D eigenvalue weighted by Crippen LogP contribution is 2.28. The molecule has 39 heavy (non-hydrogen) atoms. The molecule has 208 valence electrons. The van der Waals surface area contributed by atoms with Crippen LogP contribution in [0.25, 0.3) is 0 Å². The van der Waals surface area contributed by atoms with Gasteiger partial charge in [0, 0.05) is 18.7 Å². The van der Waals surface area contributed by atoms with Crippen LogP contribution in [0.4, 0.5) is 14.5 Å². The molecule has 0 unspecified atom stereocenters. The molecule has 0 aromatic heterocycles. The molecule has 2 amide bonds. The first-order chi connectivity index (χ1) is 18.6. The second-order valence-corrected chi connectivity index (χ2v) is 11.1. The fourth-order valence-corrected chi connectivity index (χ4v) is 5.42. The van der Waals surface area contributed by atoms with E-state index in [1.807, 2.05) is 6.92 Å². The Morgan fingerprint density at radius 2 is 1.64 bits per heavy atom. The van der Waals surface area contributed by atoms with Crippen LogP contribution >= 0.6 is 11.6 Å². The predicted octanol–water partition coefficient (Wildman–Crippen LogP) is 5.15. The molecule has 11 heteroatoms. The third-order valence-corrected chi connectivity index (χ3v) is 8.17. The summed E-state index contributed by atoms with van der Waals surface area (Å²) in [5.41, 5.74) is 0.103. The molecule has 0 saturated heterocycles. The number of hydrogen-bond donors (Lipinski definition) is 1. The molecule has 0 radical (unpaired) electrons. The first-order valence-electron chi connectivity index (χ1n) is 12.4. The smallest absolute Gasteiger partial charge is 0.264 e. The Morgan fingerprint density at radius 1 is 0.974 bits per heavy atom. The van der Waals surface area contributed by atoms with E-state index in [-0.39, 0.29) is 27.7 Å². The van der Waals surface area contributed by atoms with Gasteiger partial charge in [-0.15, -0.1) is 0 Å². The number of rotatable bonds is 12. The highest BCUT2D eigenvalue weighted by Gasteiger charge is 2.33. The van der Waals surface area contributed by atoms with Gasteiger partial charge in [0.15, 0.2) is 0 Å². The average molecular weight is 578 g/mol. The van der Waals surface area contributed by atoms with Gasteiger partial charge in [0.25, 0.3) is 10.0 Å². The largest absolute Gasteiger partial charge is 0.354 e. The van der Waals surface area contributed by atoms with Gasteiger partial charge in [0.1, 0.15) is 24.2 Å². The third-order valence-electron chi connectivity index (χ3n) is 6.10. The zero-order valence-corrected chi connectivity index (χ0v) is 23.2. The first kappa shape index (κ1) is 30.0. The predicted molar refractivity (Wildman–Crippen MR) is 147 cm³/mol. The van der Waals surface area contributed by atoms with Gasteiger partial charge in [-0.05, 0) is 49.7 Å². The summed E-state index contributed by atoms with van der Waals surface area (Å²) in [7, 11) is -4.33. The van der Waals surface area contributed by atoms with Crippen LogP contribution < -0.4 is 9.62 Å². The van der Waals surface area contributed by atoms with Gasteiger partial charge in [0.2, 0.25) is 11.8 Å². The van der Waals surface area contributed by atoms with E-state index in [0.717, 1.165) is 34.2 Å². The molecule has 7 nitrogen and oxygen atoms in total. The minimum atomic E-state index is -4.33. The van der Waals surface area contributed by atoms with Crippen molar-refractivity contribution in [3.05, 3.63) is 95.0 Å². The van der Waals surface area contributed by atoms with Crippen molar-refractivity contribution in [3.63, 3.8) is 0 Å². The van der Waals surface area contributed by atoms with Crippen molar-refractivity contribution in [1.29, 1.82) is 0 Å². The van der Waals surface area contributed by atoms with E-state index in [0.29, 0.717) is 6.54 Å². The molecule has 0 fully saturated rings. The Labute approximate surface area is 232 Å². The molecule has 3 aromatic carbocycles. The first-order valence-corrected chi connectivity index (χ1v) is 14.2. The van der Waals surface area contributed by atoms with Crippen molar-refractivity contribution < 1.29 is 26.8 Å². The summed E-state index contributed by atoms with van der Waals surface area (Å²) in [5, 5.41) is 2.42. The highest BCUT2D eigenvalue weighted by atomic mass is 35.5. The third kappa shape index (κ3) is 7.54. The molecule has 0 saturated carbocycles. The van der Waals surface area contributed by atoms with Crippen LogP contribution in [-0.4, -0.2) is 44.3 Å². The number of hydrogen-bond acceptors (Lipinski definition) is 4. The van der Waals surface area contributed by atoms with E-state index in [4.69, 9.17) is 11.6 Å². The Balaban J connectivity index is 2.02. The zero-order valence-electron chi connectivity index (χ0n) is 21.6. The number of anilines is 1. The lowest BCUT2D eigenvalue weighted by Gasteiger charge is -2.32. The average Bonchev–Trinajstić information content (AvgIpc) is 2.92. The lowest BCUT2D eigenvalue weighted by atomic mass is 10.1. The number of unbranched alkanes of at least 4 members (excludes halogenated alkanes) is 1. The number of benzene rings is 3. The highest BCUT2D eigenvalue weighted by molar-refractivity contribution is 7.92. The van der Waals surface area contributed by atoms with Crippen molar-refractivity contribution in [1.82, 2.24) is 10.2 Å². The minimum absolute atomic E-state index is 0.0514. The summed E-state index contributed by atoms with van der Waals surface area (Å²) in [6, 6.07) is 15.5. The fraction of sp³-hybridized carbons (Fsp3) is 0.286. The van der Waals surface area contributed by atoms with Gasteiger partial charge in [-0.2, -0.15) is 0 Å². The van der Waals surface area contributed by atoms with Gasteiger partial charge in [0.05, 0.1) is 15.6 Å². The maximum atomic E-state index is 14.6. The molecule has 0 aliphatic heterocycles. The minimum Gasteiger partial charge on any atom is -0.354 e. The molecule has 0 bridgehead atoms. The molecule has 0 heterocycles. The molecule has 1 N–H and O–H groups in total. The zero-order chi connectivity index (χ0) is 28.6. The lowest BCUT2D eigenvalue weighted by Crippen LogP contribution is -2.51. The van der Waals surface area contributed by atoms with Crippen molar-refractivity contribution >= 4 is 39.1 Å². The van der Waals surface area contributed by atoms with Crippen LogP contribution in [0.5, 0.6) is 0 Å². The quantitative estimate of drug-likeness (QED) is 0.302. The van der Waals surface area contributed by atoms with E-state index in [1.165, 1.54) is 55.5 Å². The summed E-state index contributed by atoms with van der Waals surface area (Å²) in [6.07, 6.45) is 1.58. The molecule has 0 aliphatic rings.